The third-order valence-electron chi connectivity index (χ3n) is 8.49. The molecular formula is C40H26N4O8S2Sr-2. The topological polar surface area (TPSA) is 204 Å². The first-order valence-electron chi connectivity index (χ1n) is 16.1. The number of fused-ring (bicyclic) bond motifs is 4. The van der Waals surface area contributed by atoms with Crippen molar-refractivity contribution >= 4 is 132 Å². The maximum Gasteiger partial charge on any atom is 0.143 e. The molecule has 2 radical (unpaired) electrons. The second kappa shape index (κ2) is 16.3. The van der Waals surface area contributed by atoms with Crippen LogP contribution in [0.15, 0.2) is 176 Å². The van der Waals surface area contributed by atoms with Crippen LogP contribution in [0.2, 0.25) is 0 Å². The molecule has 270 valence electrons. The van der Waals surface area contributed by atoms with Gasteiger partial charge in [0, 0.05) is 67.0 Å². The molecule has 55 heavy (non-hydrogen) atoms. The molecule has 0 fully saturated rings. The summed E-state index contributed by atoms with van der Waals surface area (Å²) in [5.74, 6) is -0.186. The SMILES string of the molecule is O=S(=O)([O-])c1c(N=Nc2c(O)ccc3ccccc23)ccc2ccccc12.O=S(=O)([O-])c1c(N=Nc2c(O)ccc3ccccc23)ccc2ccccc12.[Sr]. The molecule has 0 atom stereocenters. The van der Waals surface area contributed by atoms with Crippen LogP contribution in [-0.2, 0) is 20.2 Å². The zero-order valence-electron chi connectivity index (χ0n) is 28.5. The predicted octanol–water partition coefficient (Wildman–Crippen LogP) is 9.66. The minimum atomic E-state index is -4.78. The van der Waals surface area contributed by atoms with Crippen molar-refractivity contribution in [3.05, 3.63) is 146 Å². The predicted molar refractivity (Wildman–Crippen MR) is 209 cm³/mol. The van der Waals surface area contributed by atoms with Gasteiger partial charge in [-0.3, -0.25) is 0 Å². The maximum atomic E-state index is 11.9. The normalized spacial score (nSPS) is 12.0. The largest absolute Gasteiger partial charge is 0.744 e. The summed E-state index contributed by atoms with van der Waals surface area (Å²) in [7, 11) is -9.57. The molecule has 0 aromatic heterocycles. The van der Waals surface area contributed by atoms with Crippen molar-refractivity contribution in [1.82, 2.24) is 0 Å². The second-order valence-electron chi connectivity index (χ2n) is 11.9. The van der Waals surface area contributed by atoms with Crippen molar-refractivity contribution in [2.45, 2.75) is 9.79 Å². The molecule has 0 bridgehead atoms. The van der Waals surface area contributed by atoms with Gasteiger partial charge in [-0.05, 0) is 45.8 Å². The van der Waals surface area contributed by atoms with Gasteiger partial charge in [-0.1, -0.05) is 121 Å². The Morgan fingerprint density at radius 3 is 1.02 bits per heavy atom. The molecule has 2 N–H and O–H groups in total. The first kappa shape index (κ1) is 39.6. The van der Waals surface area contributed by atoms with E-state index < -0.39 is 30.0 Å². The minimum Gasteiger partial charge on any atom is -0.744 e. The third kappa shape index (κ3) is 8.44. The van der Waals surface area contributed by atoms with E-state index in [1.54, 1.807) is 97.1 Å². The minimum absolute atomic E-state index is 0. The van der Waals surface area contributed by atoms with Crippen LogP contribution in [0, 0.1) is 0 Å². The fraction of sp³-hybridized carbons (Fsp3) is 0. The van der Waals surface area contributed by atoms with Crippen LogP contribution in [0.4, 0.5) is 22.7 Å². The number of azo groups is 2. The van der Waals surface area contributed by atoms with Crippen molar-refractivity contribution in [2.75, 3.05) is 0 Å². The molecule has 0 unspecified atom stereocenters. The van der Waals surface area contributed by atoms with Crippen molar-refractivity contribution in [1.29, 1.82) is 0 Å². The molecule has 15 heteroatoms. The summed E-state index contributed by atoms with van der Waals surface area (Å²) in [4.78, 5) is -0.854. The fourth-order valence-corrected chi connectivity index (χ4v) is 7.69. The Labute approximate surface area is 351 Å². The summed E-state index contributed by atoms with van der Waals surface area (Å²) in [5.41, 5.74) is 0.262. The summed E-state index contributed by atoms with van der Waals surface area (Å²) in [6, 6.07) is 40.5. The molecule has 0 heterocycles. The van der Waals surface area contributed by atoms with Gasteiger partial charge in [-0.2, -0.15) is 0 Å². The Morgan fingerprint density at radius 1 is 0.382 bits per heavy atom. The zero-order chi connectivity index (χ0) is 38.0. The molecule has 8 aromatic carbocycles. The number of phenols is 2. The van der Waals surface area contributed by atoms with Gasteiger partial charge in [-0.15, -0.1) is 20.5 Å². The van der Waals surface area contributed by atoms with Crippen LogP contribution in [-0.4, -0.2) is 81.6 Å². The number of hydrogen-bond donors (Lipinski definition) is 2. The summed E-state index contributed by atoms with van der Waals surface area (Å²) in [6.07, 6.45) is 0. The van der Waals surface area contributed by atoms with E-state index >= 15 is 0 Å². The van der Waals surface area contributed by atoms with E-state index in [-0.39, 0.29) is 90.5 Å². The Hall–Kier alpha value is -5.10. The standard InChI is InChI=1S/2C20H14N2O4S.Sr/c2*23-18-12-10-13-5-1-3-7-15(13)19(18)22-21-17-11-9-14-6-2-4-8-16(14)20(17)27(24,25)26;/h2*1-12,23H,(H,24,25,26);/p-2. The average molecular weight is 842 g/mol. The number of benzene rings is 8. The van der Waals surface area contributed by atoms with Gasteiger partial charge < -0.3 is 19.3 Å². The van der Waals surface area contributed by atoms with Gasteiger partial charge in [0.2, 0.25) is 0 Å². The number of aromatic hydroxyl groups is 2. The van der Waals surface area contributed by atoms with E-state index in [0.29, 0.717) is 21.5 Å². The average Bonchev–Trinajstić information content (AvgIpc) is 3.16. The molecule has 0 aliphatic heterocycles. The molecule has 0 spiro atoms. The monoisotopic (exact) mass is 842 g/mol. The maximum absolute atomic E-state index is 11.9. The molecule has 0 amide bonds. The fourth-order valence-electron chi connectivity index (χ4n) is 6.05. The Kier molecular flexibility index (Phi) is 11.8. The van der Waals surface area contributed by atoms with Gasteiger partial charge in [0.15, 0.2) is 0 Å². The molecule has 0 saturated carbocycles. The Bertz CT molecular complexity index is 2840. The molecule has 0 aliphatic carbocycles. The van der Waals surface area contributed by atoms with Crippen molar-refractivity contribution in [3.63, 3.8) is 0 Å². The molecule has 12 nitrogen and oxygen atoms in total. The summed E-state index contributed by atoms with van der Waals surface area (Å²) in [6.45, 7) is 0. The molecule has 0 saturated heterocycles. The van der Waals surface area contributed by atoms with Crippen LogP contribution >= 0.6 is 0 Å². The first-order valence-corrected chi connectivity index (χ1v) is 18.9. The van der Waals surface area contributed by atoms with Crippen molar-refractivity contribution in [2.24, 2.45) is 20.5 Å². The van der Waals surface area contributed by atoms with Crippen molar-refractivity contribution < 1.29 is 36.2 Å². The van der Waals surface area contributed by atoms with Gasteiger partial charge in [0.05, 0.1) is 9.79 Å². The van der Waals surface area contributed by atoms with E-state index in [1.165, 1.54) is 24.3 Å². The second-order valence-corrected chi connectivity index (χ2v) is 14.5. The number of rotatable bonds is 6. The summed E-state index contributed by atoms with van der Waals surface area (Å²) in [5, 5.41) is 41.2. The van der Waals surface area contributed by atoms with E-state index in [4.69, 9.17) is 0 Å². The van der Waals surface area contributed by atoms with E-state index in [2.05, 4.69) is 20.5 Å². The molecule has 8 rings (SSSR count). The van der Waals surface area contributed by atoms with E-state index in [9.17, 15) is 36.2 Å². The Balaban J connectivity index is 0.000000184. The number of phenolic OH excluding ortho intramolecular Hbond substituents is 2. The van der Waals surface area contributed by atoms with Crippen LogP contribution < -0.4 is 0 Å². The van der Waals surface area contributed by atoms with Gasteiger partial charge in [-0.25, -0.2) is 16.8 Å². The van der Waals surface area contributed by atoms with Crippen LogP contribution in [0.3, 0.4) is 0 Å². The summed E-state index contributed by atoms with van der Waals surface area (Å²) >= 11 is 0. The summed E-state index contributed by atoms with van der Waals surface area (Å²) < 4.78 is 71.1. The first-order chi connectivity index (χ1) is 25.9. The van der Waals surface area contributed by atoms with Gasteiger partial charge in [0.1, 0.15) is 54.5 Å². The van der Waals surface area contributed by atoms with E-state index in [0.717, 1.165) is 10.8 Å². The van der Waals surface area contributed by atoms with Crippen molar-refractivity contribution in [3.8, 4) is 11.5 Å². The molecular weight excluding hydrogens is 816 g/mol. The Morgan fingerprint density at radius 2 is 0.673 bits per heavy atom. The smallest absolute Gasteiger partial charge is 0.143 e. The quantitative estimate of drug-likeness (QED) is 0.0934. The van der Waals surface area contributed by atoms with E-state index in [1.807, 2.05) is 24.3 Å². The molecule has 8 aromatic rings. The van der Waals surface area contributed by atoms with Gasteiger partial charge >= 0.3 is 0 Å². The third-order valence-corrected chi connectivity index (χ3v) is 10.3. The number of hydrogen-bond acceptors (Lipinski definition) is 12. The van der Waals surface area contributed by atoms with Crippen LogP contribution in [0.1, 0.15) is 0 Å². The zero-order valence-corrected chi connectivity index (χ0v) is 33.6. The van der Waals surface area contributed by atoms with Crippen LogP contribution in [0.25, 0.3) is 43.1 Å². The van der Waals surface area contributed by atoms with Gasteiger partial charge in [0.25, 0.3) is 0 Å². The molecule has 0 aliphatic rings. The van der Waals surface area contributed by atoms with Crippen LogP contribution in [0.5, 0.6) is 11.5 Å². The number of nitrogens with zero attached hydrogens (tertiary/aromatic N) is 4.